The molecule has 1 aliphatic rings. The maximum absolute atomic E-state index is 13.6. The van der Waals surface area contributed by atoms with E-state index in [1.54, 1.807) is 11.9 Å². The van der Waals surface area contributed by atoms with Gasteiger partial charge < -0.3 is 4.90 Å². The van der Waals surface area contributed by atoms with Crippen LogP contribution in [0.1, 0.15) is 24.5 Å². The number of hydrogen-bond donors (Lipinski definition) is 1. The molecule has 2 heterocycles. The molecule has 25 heavy (non-hydrogen) atoms. The molecule has 0 saturated carbocycles. The van der Waals surface area contributed by atoms with Gasteiger partial charge in [0.15, 0.2) is 0 Å². The lowest BCUT2D eigenvalue weighted by molar-refractivity contribution is 0.197. The fourth-order valence-electron chi connectivity index (χ4n) is 3.02. The number of carbonyl (C=O) groups is 1. The number of rotatable bonds is 2. The predicted octanol–water partition coefficient (Wildman–Crippen LogP) is 2.61. The summed E-state index contributed by atoms with van der Waals surface area (Å²) in [7, 11) is 1.66. The van der Waals surface area contributed by atoms with Crippen molar-refractivity contribution in [2.45, 2.75) is 20.3 Å². The van der Waals surface area contributed by atoms with E-state index in [4.69, 9.17) is 0 Å². The fourth-order valence-corrected chi connectivity index (χ4v) is 3.02. The van der Waals surface area contributed by atoms with Gasteiger partial charge in [0.05, 0.1) is 0 Å². The van der Waals surface area contributed by atoms with E-state index in [1.165, 1.54) is 22.4 Å². The summed E-state index contributed by atoms with van der Waals surface area (Å²) in [6, 6.07) is 4.79. The third kappa shape index (κ3) is 4.01. The Balaban J connectivity index is 1.67. The highest BCUT2D eigenvalue weighted by Crippen LogP contribution is 2.25. The van der Waals surface area contributed by atoms with Crippen molar-refractivity contribution in [2.75, 3.05) is 18.4 Å². The van der Waals surface area contributed by atoms with E-state index in [2.05, 4.69) is 27.8 Å². The molecule has 0 bridgehead atoms. The first-order chi connectivity index (χ1) is 11.9. The number of piperidine rings is 1. The lowest BCUT2D eigenvalue weighted by Crippen LogP contribution is -2.42. The first-order valence-electron chi connectivity index (χ1n) is 8.18. The molecule has 2 amide bonds. The number of likely N-dealkylation sites (tertiary alicyclic amines) is 1. The summed E-state index contributed by atoms with van der Waals surface area (Å²) in [5.41, 5.74) is 2.98. The molecule has 1 fully saturated rings. The number of nitrogens with one attached hydrogen (secondary N) is 1. The lowest BCUT2D eigenvalue weighted by Gasteiger charge is -2.33. The van der Waals surface area contributed by atoms with Crippen LogP contribution in [-0.4, -0.2) is 44.2 Å². The van der Waals surface area contributed by atoms with Crippen molar-refractivity contribution in [1.82, 2.24) is 25.1 Å². The van der Waals surface area contributed by atoms with Crippen LogP contribution >= 0.6 is 0 Å². The third-order valence-corrected chi connectivity index (χ3v) is 4.34. The average molecular weight is 344 g/mol. The Bertz CT molecular complexity index is 795. The second kappa shape index (κ2) is 7.00. The van der Waals surface area contributed by atoms with E-state index in [9.17, 15) is 9.18 Å². The minimum absolute atomic E-state index is 0.195. The molecule has 1 aliphatic heterocycles. The summed E-state index contributed by atoms with van der Waals surface area (Å²) in [5, 5.41) is 13.6. The van der Waals surface area contributed by atoms with Crippen LogP contribution in [0, 0.1) is 18.7 Å². The van der Waals surface area contributed by atoms with Gasteiger partial charge in [0, 0.05) is 20.1 Å². The average Bonchev–Trinajstić information content (AvgIpc) is 2.93. The Morgan fingerprint density at radius 1 is 1.40 bits per heavy atom. The first kappa shape index (κ1) is 17.1. The molecule has 8 heteroatoms. The van der Waals surface area contributed by atoms with Gasteiger partial charge in [-0.1, -0.05) is 29.7 Å². The molecule has 3 rings (SSSR count). The van der Waals surface area contributed by atoms with Crippen molar-refractivity contribution < 1.29 is 9.18 Å². The van der Waals surface area contributed by atoms with E-state index in [1.807, 2.05) is 19.1 Å². The number of aryl methyl sites for hydroxylation is 2. The fraction of sp³-hybridized carbons (Fsp3) is 0.412. The van der Waals surface area contributed by atoms with E-state index in [0.717, 1.165) is 17.5 Å². The van der Waals surface area contributed by atoms with Crippen LogP contribution in [0.2, 0.25) is 0 Å². The molecule has 1 aromatic carbocycles. The second-order valence-corrected chi connectivity index (χ2v) is 6.43. The molecule has 2 aromatic rings. The highest BCUT2D eigenvalue weighted by molar-refractivity contribution is 5.87. The van der Waals surface area contributed by atoms with Crippen LogP contribution in [0.15, 0.2) is 23.8 Å². The molecule has 1 unspecified atom stereocenters. The summed E-state index contributed by atoms with van der Waals surface area (Å²) in [6.45, 7) is 5.14. The minimum atomic E-state index is -0.228. The van der Waals surface area contributed by atoms with E-state index < -0.39 is 0 Å². The van der Waals surface area contributed by atoms with Gasteiger partial charge in [0.1, 0.15) is 5.82 Å². The number of anilines is 1. The van der Waals surface area contributed by atoms with Crippen LogP contribution < -0.4 is 5.32 Å². The third-order valence-electron chi connectivity index (χ3n) is 4.34. The predicted molar refractivity (Wildman–Crippen MR) is 92.3 cm³/mol. The maximum atomic E-state index is 13.6. The Hall–Kier alpha value is -2.77. The lowest BCUT2D eigenvalue weighted by atomic mass is 9.91. The second-order valence-electron chi connectivity index (χ2n) is 6.43. The van der Waals surface area contributed by atoms with Crippen molar-refractivity contribution in [1.29, 1.82) is 0 Å². The molecule has 0 aliphatic carbocycles. The highest BCUT2D eigenvalue weighted by Gasteiger charge is 2.25. The van der Waals surface area contributed by atoms with Gasteiger partial charge in [-0.05, 0) is 52.9 Å². The number of hydrogen-bond acceptors (Lipinski definition) is 4. The normalized spacial score (nSPS) is 19.3. The van der Waals surface area contributed by atoms with E-state index in [0.29, 0.717) is 19.0 Å². The topological polar surface area (TPSA) is 75.9 Å². The zero-order valence-corrected chi connectivity index (χ0v) is 14.5. The number of amides is 2. The summed E-state index contributed by atoms with van der Waals surface area (Å²) in [5.74, 6) is 0.281. The molecule has 1 saturated heterocycles. The first-order valence-corrected chi connectivity index (χ1v) is 8.18. The van der Waals surface area contributed by atoms with Gasteiger partial charge in [-0.25, -0.2) is 13.9 Å². The standard InChI is InChI=1S/C17H21FN6O/c1-11-6-13(9-15(18)7-11)8-14-4-5-24(10-12(14)2)17(25)19-16-20-21-22-23(16)3/h6-9,12H,4-5,10H2,1-3H3,(H,19,20,22,25). The van der Waals surface area contributed by atoms with Gasteiger partial charge in [-0.2, -0.15) is 0 Å². The van der Waals surface area contributed by atoms with Gasteiger partial charge in [0.2, 0.25) is 0 Å². The van der Waals surface area contributed by atoms with Crippen LogP contribution in [0.5, 0.6) is 0 Å². The molecule has 1 N–H and O–H groups in total. The van der Waals surface area contributed by atoms with Crippen LogP contribution in [0.4, 0.5) is 15.1 Å². The Morgan fingerprint density at radius 3 is 2.84 bits per heavy atom. The van der Waals surface area contributed by atoms with Crippen LogP contribution in [-0.2, 0) is 7.05 Å². The van der Waals surface area contributed by atoms with Gasteiger partial charge >= 0.3 is 6.03 Å². The van der Waals surface area contributed by atoms with E-state index in [-0.39, 0.29) is 17.8 Å². The van der Waals surface area contributed by atoms with E-state index >= 15 is 0 Å². The van der Waals surface area contributed by atoms with Crippen LogP contribution in [0.3, 0.4) is 0 Å². The molecular formula is C17H21FN6O. The molecule has 132 valence electrons. The molecule has 1 atom stereocenters. The summed E-state index contributed by atoms with van der Waals surface area (Å²) < 4.78 is 15.0. The van der Waals surface area contributed by atoms with Crippen molar-refractivity contribution >= 4 is 18.1 Å². The Kier molecular flexibility index (Phi) is 4.78. The molecule has 0 spiro atoms. The van der Waals surface area contributed by atoms with Crippen molar-refractivity contribution in [2.24, 2.45) is 13.0 Å². The Labute approximate surface area is 145 Å². The molecule has 0 radical (unpaired) electrons. The Morgan fingerprint density at radius 2 is 2.20 bits per heavy atom. The van der Waals surface area contributed by atoms with Crippen LogP contribution in [0.25, 0.3) is 6.08 Å². The number of benzene rings is 1. The molecule has 7 nitrogen and oxygen atoms in total. The molecular weight excluding hydrogens is 323 g/mol. The van der Waals surface area contributed by atoms with Gasteiger partial charge in [-0.3, -0.25) is 5.32 Å². The van der Waals surface area contributed by atoms with Gasteiger partial charge in [-0.15, -0.1) is 0 Å². The summed E-state index contributed by atoms with van der Waals surface area (Å²) >= 11 is 0. The SMILES string of the molecule is Cc1cc(F)cc(C=C2CCN(C(=O)Nc3nnnn3C)CC2C)c1. The molecule has 1 aromatic heterocycles. The smallest absolute Gasteiger partial charge is 0.324 e. The minimum Gasteiger partial charge on any atom is -0.324 e. The highest BCUT2D eigenvalue weighted by atomic mass is 19.1. The van der Waals surface area contributed by atoms with Crippen molar-refractivity contribution in [3.63, 3.8) is 0 Å². The zero-order chi connectivity index (χ0) is 18.0. The summed E-state index contributed by atoms with van der Waals surface area (Å²) in [4.78, 5) is 14.1. The number of halogens is 1. The van der Waals surface area contributed by atoms with Gasteiger partial charge in [0.25, 0.3) is 5.95 Å². The zero-order valence-electron chi connectivity index (χ0n) is 14.5. The number of tetrazole rings is 1. The van der Waals surface area contributed by atoms with Crippen molar-refractivity contribution in [3.8, 4) is 0 Å². The van der Waals surface area contributed by atoms with Crippen molar-refractivity contribution in [3.05, 3.63) is 40.7 Å². The monoisotopic (exact) mass is 344 g/mol. The number of carbonyl (C=O) groups excluding carboxylic acids is 1. The quantitative estimate of drug-likeness (QED) is 0.909. The largest absolute Gasteiger partial charge is 0.324 e. The number of nitrogens with zero attached hydrogens (tertiary/aromatic N) is 5. The maximum Gasteiger partial charge on any atom is 0.324 e. The summed E-state index contributed by atoms with van der Waals surface area (Å²) in [6.07, 6.45) is 2.78. The number of urea groups is 1. The number of aromatic nitrogens is 4.